The Morgan fingerprint density at radius 2 is 1.95 bits per heavy atom. The van der Waals surface area contributed by atoms with E-state index in [4.69, 9.17) is 4.74 Å². The second kappa shape index (κ2) is 5.55. The van der Waals surface area contributed by atoms with E-state index in [0.717, 1.165) is 13.1 Å². The SMILES string of the molecule is CCOc1ccncc1S(=O)(=O)N1C[C@H]2CN(C)C[C@H]2C1. The molecular formula is C14H21N3O3S. The minimum absolute atomic E-state index is 0.181. The summed E-state index contributed by atoms with van der Waals surface area (Å²) in [6.07, 6.45) is 2.94. The van der Waals surface area contributed by atoms with E-state index in [1.807, 2.05) is 6.92 Å². The Morgan fingerprint density at radius 3 is 2.57 bits per heavy atom. The zero-order valence-corrected chi connectivity index (χ0v) is 13.2. The lowest BCUT2D eigenvalue weighted by Gasteiger charge is -2.20. The van der Waals surface area contributed by atoms with Crippen LogP contribution in [0, 0.1) is 11.8 Å². The first-order valence-electron chi connectivity index (χ1n) is 7.28. The molecule has 0 N–H and O–H groups in total. The van der Waals surface area contributed by atoms with Crippen LogP contribution in [0.5, 0.6) is 5.75 Å². The predicted octanol–water partition coefficient (Wildman–Crippen LogP) is 0.662. The number of likely N-dealkylation sites (tertiary alicyclic amines) is 1. The van der Waals surface area contributed by atoms with Gasteiger partial charge in [-0.05, 0) is 31.9 Å². The quantitative estimate of drug-likeness (QED) is 0.817. The molecule has 0 saturated carbocycles. The lowest BCUT2D eigenvalue weighted by atomic mass is 10.0. The van der Waals surface area contributed by atoms with E-state index in [0.29, 0.717) is 37.3 Å². The van der Waals surface area contributed by atoms with E-state index in [-0.39, 0.29) is 4.90 Å². The highest BCUT2D eigenvalue weighted by Gasteiger charge is 2.44. The van der Waals surface area contributed by atoms with Crippen molar-refractivity contribution in [3.63, 3.8) is 0 Å². The second-order valence-corrected chi connectivity index (χ2v) is 7.73. The van der Waals surface area contributed by atoms with Gasteiger partial charge in [-0.1, -0.05) is 0 Å². The molecule has 2 aliphatic rings. The molecule has 3 rings (SSSR count). The number of hydrogen-bond acceptors (Lipinski definition) is 5. The van der Waals surface area contributed by atoms with Crippen LogP contribution in [0.1, 0.15) is 6.92 Å². The standard InChI is InChI=1S/C14H21N3O3S/c1-3-20-13-4-5-15-6-14(13)21(18,19)17-9-11-7-16(2)8-12(11)10-17/h4-6,11-12H,3,7-10H2,1-2H3/t11-,12+. The molecule has 6 nitrogen and oxygen atoms in total. The molecule has 3 heterocycles. The fourth-order valence-electron chi connectivity index (χ4n) is 3.36. The summed E-state index contributed by atoms with van der Waals surface area (Å²) in [5.41, 5.74) is 0. The summed E-state index contributed by atoms with van der Waals surface area (Å²) in [7, 11) is -1.43. The molecule has 1 aromatic rings. The molecule has 0 bridgehead atoms. The van der Waals surface area contributed by atoms with Crippen molar-refractivity contribution < 1.29 is 13.2 Å². The zero-order valence-electron chi connectivity index (χ0n) is 12.4. The smallest absolute Gasteiger partial charge is 0.248 e. The van der Waals surface area contributed by atoms with Crippen molar-refractivity contribution in [2.75, 3.05) is 39.8 Å². The van der Waals surface area contributed by atoms with Gasteiger partial charge in [0.05, 0.1) is 12.8 Å². The largest absolute Gasteiger partial charge is 0.492 e. The molecule has 0 spiro atoms. The molecule has 0 aliphatic carbocycles. The Kier molecular flexibility index (Phi) is 3.90. The van der Waals surface area contributed by atoms with Crippen LogP contribution in [-0.2, 0) is 10.0 Å². The number of aromatic nitrogens is 1. The second-order valence-electron chi connectivity index (χ2n) is 5.82. The van der Waals surface area contributed by atoms with Gasteiger partial charge in [0.1, 0.15) is 10.6 Å². The molecule has 2 aliphatic heterocycles. The number of sulfonamides is 1. The summed E-state index contributed by atoms with van der Waals surface area (Å²) in [6, 6.07) is 1.61. The number of hydrogen-bond donors (Lipinski definition) is 0. The maximum atomic E-state index is 12.8. The minimum Gasteiger partial charge on any atom is -0.492 e. The van der Waals surface area contributed by atoms with E-state index >= 15 is 0 Å². The number of rotatable bonds is 4. The van der Waals surface area contributed by atoms with Crippen LogP contribution in [0.25, 0.3) is 0 Å². The predicted molar refractivity (Wildman–Crippen MR) is 78.6 cm³/mol. The van der Waals surface area contributed by atoms with E-state index in [1.54, 1.807) is 16.6 Å². The van der Waals surface area contributed by atoms with Crippen molar-refractivity contribution in [1.29, 1.82) is 0 Å². The van der Waals surface area contributed by atoms with Crippen molar-refractivity contribution in [2.45, 2.75) is 11.8 Å². The maximum Gasteiger partial charge on any atom is 0.248 e. The molecule has 2 saturated heterocycles. The third kappa shape index (κ3) is 2.65. The van der Waals surface area contributed by atoms with E-state index in [2.05, 4.69) is 16.9 Å². The van der Waals surface area contributed by atoms with Gasteiger partial charge >= 0.3 is 0 Å². The van der Waals surface area contributed by atoms with Crippen LogP contribution in [0.3, 0.4) is 0 Å². The van der Waals surface area contributed by atoms with Gasteiger partial charge in [-0.15, -0.1) is 0 Å². The number of pyridine rings is 1. The Balaban J connectivity index is 1.85. The summed E-state index contributed by atoms with van der Waals surface area (Å²) >= 11 is 0. The van der Waals surface area contributed by atoms with Gasteiger partial charge in [0.2, 0.25) is 10.0 Å². The Hall–Kier alpha value is -1.18. The highest BCUT2D eigenvalue weighted by molar-refractivity contribution is 7.89. The van der Waals surface area contributed by atoms with Gasteiger partial charge < -0.3 is 9.64 Å². The average Bonchev–Trinajstić information content (AvgIpc) is 2.97. The summed E-state index contributed by atoms with van der Waals surface area (Å²) in [5.74, 6) is 1.27. The Bertz CT molecular complexity index is 606. The van der Waals surface area contributed by atoms with Gasteiger partial charge in [-0.2, -0.15) is 4.31 Å². The third-order valence-corrected chi connectivity index (χ3v) is 6.14. The molecule has 116 valence electrons. The lowest BCUT2D eigenvalue weighted by molar-refractivity contribution is 0.326. The number of fused-ring (bicyclic) bond motifs is 1. The van der Waals surface area contributed by atoms with Gasteiger partial charge in [0, 0.05) is 32.4 Å². The number of nitrogens with zero attached hydrogens (tertiary/aromatic N) is 3. The van der Waals surface area contributed by atoms with E-state index in [1.165, 1.54) is 6.20 Å². The van der Waals surface area contributed by atoms with Crippen LogP contribution in [-0.4, -0.2) is 62.4 Å². The van der Waals surface area contributed by atoms with Gasteiger partial charge in [0.15, 0.2) is 0 Å². The van der Waals surface area contributed by atoms with Crippen molar-refractivity contribution in [2.24, 2.45) is 11.8 Å². The maximum absolute atomic E-state index is 12.8. The topological polar surface area (TPSA) is 62.7 Å². The summed E-state index contributed by atoms with van der Waals surface area (Å²) in [6.45, 7) is 5.41. The first kappa shape index (κ1) is 14.7. The first-order chi connectivity index (χ1) is 10.0. The van der Waals surface area contributed by atoms with Crippen molar-refractivity contribution in [3.8, 4) is 5.75 Å². The molecular weight excluding hydrogens is 290 g/mol. The van der Waals surface area contributed by atoms with E-state index < -0.39 is 10.0 Å². The molecule has 0 aromatic carbocycles. The van der Waals surface area contributed by atoms with E-state index in [9.17, 15) is 8.42 Å². The molecule has 0 unspecified atom stereocenters. The van der Waals surface area contributed by atoms with Gasteiger partial charge in [-0.3, -0.25) is 4.98 Å². The van der Waals surface area contributed by atoms with Crippen LogP contribution in [0.15, 0.2) is 23.4 Å². The average molecular weight is 311 g/mol. The molecule has 2 atom stereocenters. The van der Waals surface area contributed by atoms with Crippen LogP contribution >= 0.6 is 0 Å². The highest BCUT2D eigenvalue weighted by atomic mass is 32.2. The third-order valence-electron chi connectivity index (χ3n) is 4.30. The van der Waals surface area contributed by atoms with Crippen LogP contribution in [0.2, 0.25) is 0 Å². The summed E-state index contributed by atoms with van der Waals surface area (Å²) in [5, 5.41) is 0. The molecule has 0 amide bonds. The van der Waals surface area contributed by atoms with Crippen molar-refractivity contribution in [3.05, 3.63) is 18.5 Å². The van der Waals surface area contributed by atoms with Crippen molar-refractivity contribution in [1.82, 2.24) is 14.2 Å². The van der Waals surface area contributed by atoms with Gasteiger partial charge in [0.25, 0.3) is 0 Å². The van der Waals surface area contributed by atoms with Crippen LogP contribution < -0.4 is 4.74 Å². The van der Waals surface area contributed by atoms with Crippen LogP contribution in [0.4, 0.5) is 0 Å². The molecule has 1 aromatic heterocycles. The fourth-order valence-corrected chi connectivity index (χ4v) is 4.98. The Morgan fingerprint density at radius 1 is 1.29 bits per heavy atom. The normalized spacial score (nSPS) is 27.0. The lowest BCUT2D eigenvalue weighted by Crippen LogP contribution is -2.32. The Labute approximate surface area is 125 Å². The molecule has 21 heavy (non-hydrogen) atoms. The summed E-state index contributed by atoms with van der Waals surface area (Å²) < 4.78 is 32.7. The highest BCUT2D eigenvalue weighted by Crippen LogP contribution is 2.35. The zero-order chi connectivity index (χ0) is 15.0. The first-order valence-corrected chi connectivity index (χ1v) is 8.72. The minimum atomic E-state index is -3.52. The molecule has 7 heteroatoms. The van der Waals surface area contributed by atoms with Crippen molar-refractivity contribution >= 4 is 10.0 Å². The van der Waals surface area contributed by atoms with Gasteiger partial charge in [-0.25, -0.2) is 8.42 Å². The number of ether oxygens (including phenoxy) is 1. The molecule has 2 fully saturated rings. The fraction of sp³-hybridized carbons (Fsp3) is 0.643. The molecule has 0 radical (unpaired) electrons. The summed E-state index contributed by atoms with van der Waals surface area (Å²) in [4.78, 5) is 6.41. The monoisotopic (exact) mass is 311 g/mol.